The van der Waals surface area contributed by atoms with Crippen molar-refractivity contribution in [3.05, 3.63) is 12.2 Å². The van der Waals surface area contributed by atoms with Gasteiger partial charge in [0.15, 0.2) is 25.0 Å². The van der Waals surface area contributed by atoms with Gasteiger partial charge in [0.05, 0.1) is 30.8 Å². The van der Waals surface area contributed by atoms with Crippen molar-refractivity contribution < 1.29 is 68.2 Å². The van der Waals surface area contributed by atoms with E-state index in [9.17, 15) is 39.8 Å². The molecule has 19 atom stereocenters. The number of ether oxygens (including phenoxy) is 6. The maximum absolute atomic E-state index is 14.1. The summed E-state index contributed by atoms with van der Waals surface area (Å²) in [7, 11) is 0. The third-order valence-electron chi connectivity index (χ3n) is 10.7. The zero-order valence-corrected chi connectivity index (χ0v) is 29.8. The molecular weight excluding hydrogens is 723 g/mol. The van der Waals surface area contributed by atoms with Crippen molar-refractivity contribution >= 4 is 5.91 Å². The molecule has 2 aliphatic carbocycles. The molecule has 5 aliphatic rings. The van der Waals surface area contributed by atoms with Crippen molar-refractivity contribution in [3.8, 4) is 0 Å². The summed E-state index contributed by atoms with van der Waals surface area (Å²) in [5.41, 5.74) is 35.8. The summed E-state index contributed by atoms with van der Waals surface area (Å²) >= 11 is 0. The molecule has 3 aliphatic heterocycles. The van der Waals surface area contributed by atoms with Crippen LogP contribution in [0.2, 0.25) is 0 Å². The van der Waals surface area contributed by atoms with E-state index in [0.29, 0.717) is 12.5 Å². The fraction of sp³-hybridized carbons (Fsp3) is 0.906. The molecule has 2 saturated carbocycles. The van der Waals surface area contributed by atoms with Gasteiger partial charge in [0.1, 0.15) is 61.1 Å². The van der Waals surface area contributed by atoms with E-state index >= 15 is 0 Å². The Balaban J connectivity index is 1.31. The number of nitrogens with one attached hydrogen (secondary N) is 2. The quantitative estimate of drug-likeness (QED) is 0.0646. The highest BCUT2D eigenvalue weighted by Crippen LogP contribution is 2.34. The normalized spacial score (nSPS) is 46.5. The number of aliphatic hydroxyl groups is 6. The molecule has 3 heterocycles. The van der Waals surface area contributed by atoms with E-state index in [1.165, 1.54) is 0 Å². The zero-order valence-electron chi connectivity index (χ0n) is 29.8. The van der Waals surface area contributed by atoms with Crippen LogP contribution < -0.4 is 45.0 Å². The first kappa shape index (κ1) is 43.5. The monoisotopic (exact) mass is 782 g/mol. The number of carbonyl (C=O) groups excluding carboxylic acids is 1. The van der Waals surface area contributed by atoms with Crippen LogP contribution in [0.5, 0.6) is 0 Å². The number of nitrogens with two attached hydrogens (primary N) is 6. The average molecular weight is 783 g/mol. The molecule has 2 saturated heterocycles. The van der Waals surface area contributed by atoms with Gasteiger partial charge < -0.3 is 104 Å². The number of halogens is 1. The molecular formula is C32H59FN8O13. The van der Waals surface area contributed by atoms with Crippen molar-refractivity contribution in [1.82, 2.24) is 10.6 Å². The Morgan fingerprint density at radius 3 is 2.13 bits per heavy atom. The highest BCUT2D eigenvalue weighted by molar-refractivity contribution is 5.81. The lowest BCUT2D eigenvalue weighted by Crippen LogP contribution is -2.67. The van der Waals surface area contributed by atoms with Gasteiger partial charge in [-0.15, -0.1) is 0 Å². The van der Waals surface area contributed by atoms with Crippen LogP contribution >= 0.6 is 0 Å². The predicted octanol–water partition coefficient (Wildman–Crippen LogP) is -7.88. The predicted molar refractivity (Wildman–Crippen MR) is 184 cm³/mol. The number of amides is 1. The number of alkyl halides is 1. The summed E-state index contributed by atoms with van der Waals surface area (Å²) in [6.45, 7) is -0.354. The SMILES string of the molecule is NC[C@@H](F)[C@H](O)C(=O)N[C@@H]1C[C@H](N)[C@@H](O[C@H]2O[C@H](CNCC3CC(N)C3)C=C[C@H]2N)[C@H](O[C@@H]2O[C@H](CO)[C@@H](O[C@H]3O[C@@H](CN)[C@@H](O)[C@H](O)[C@H]3N)[C@H]2O)[C@H]1O. The lowest BCUT2D eigenvalue weighted by atomic mass is 9.81. The van der Waals surface area contributed by atoms with Crippen LogP contribution in [-0.2, 0) is 33.2 Å². The molecule has 0 aromatic heterocycles. The van der Waals surface area contributed by atoms with Crippen molar-refractivity contribution in [2.24, 2.45) is 40.3 Å². The first-order valence-electron chi connectivity index (χ1n) is 18.4. The lowest BCUT2D eigenvalue weighted by Gasteiger charge is -2.46. The van der Waals surface area contributed by atoms with Gasteiger partial charge in [0.25, 0.3) is 5.91 Å². The molecule has 0 unspecified atom stereocenters. The highest BCUT2D eigenvalue weighted by atomic mass is 19.1. The molecule has 4 fully saturated rings. The van der Waals surface area contributed by atoms with Gasteiger partial charge in [-0.1, -0.05) is 12.2 Å². The van der Waals surface area contributed by atoms with Crippen molar-refractivity contribution in [2.45, 2.75) is 142 Å². The highest BCUT2D eigenvalue weighted by Gasteiger charge is 2.54. The summed E-state index contributed by atoms with van der Waals surface area (Å²) in [5, 5.41) is 69.8. The molecule has 20 N–H and O–H groups in total. The Labute approximate surface area is 311 Å². The summed E-state index contributed by atoms with van der Waals surface area (Å²) in [6, 6.07) is -4.11. The Morgan fingerprint density at radius 2 is 1.48 bits per heavy atom. The Hall–Kier alpha value is -1.62. The van der Waals surface area contributed by atoms with Gasteiger partial charge in [-0.3, -0.25) is 4.79 Å². The average Bonchev–Trinajstić information content (AvgIpc) is 3.44. The minimum atomic E-state index is -2.14. The van der Waals surface area contributed by atoms with Gasteiger partial charge in [0, 0.05) is 31.7 Å². The first-order chi connectivity index (χ1) is 25.7. The molecule has 5 rings (SSSR count). The second kappa shape index (κ2) is 19.2. The van der Waals surface area contributed by atoms with Gasteiger partial charge in [0.2, 0.25) is 0 Å². The van der Waals surface area contributed by atoms with E-state index in [1.54, 1.807) is 12.2 Å². The fourth-order valence-corrected chi connectivity index (χ4v) is 7.42. The van der Waals surface area contributed by atoms with Crippen LogP contribution in [0.4, 0.5) is 4.39 Å². The Kier molecular flexibility index (Phi) is 15.5. The summed E-state index contributed by atoms with van der Waals surface area (Å²) in [5.74, 6) is -0.692. The van der Waals surface area contributed by atoms with Gasteiger partial charge in [-0.25, -0.2) is 4.39 Å². The standard InChI is InChI=1S/C32H59FN8O13/c33-14(6-34)21(43)29(48)41-17-5-16(38)26(52-30-15(37)2-1-13(49-30)9-40-8-11-3-12(36)4-11)28(22(17)44)54-32-25(47)27(19(10-42)51-32)53-31-20(39)24(46)23(45)18(7-35)50-31/h1-2,11-28,30-32,40,42-47H,3-10,34-39H2,(H,41,48)/t11?,12?,13-,14+,15+,16-,17+,18-,19+,20+,21-,22-,23+,24+,25+,26+,27+,28+,30+,31+,32-/m0/s1. The van der Waals surface area contributed by atoms with E-state index in [0.717, 1.165) is 19.4 Å². The Bertz CT molecular complexity index is 1230. The largest absolute Gasteiger partial charge is 0.394 e. The van der Waals surface area contributed by atoms with Crippen molar-refractivity contribution in [3.63, 3.8) is 0 Å². The van der Waals surface area contributed by atoms with E-state index in [1.807, 2.05) is 0 Å². The van der Waals surface area contributed by atoms with E-state index < -0.39 is 135 Å². The minimum Gasteiger partial charge on any atom is -0.394 e. The van der Waals surface area contributed by atoms with Crippen LogP contribution in [-0.4, -0.2) is 192 Å². The van der Waals surface area contributed by atoms with E-state index in [-0.39, 0.29) is 19.0 Å². The molecule has 0 aromatic rings. The van der Waals surface area contributed by atoms with Crippen LogP contribution in [0, 0.1) is 5.92 Å². The minimum absolute atomic E-state index is 0.150. The molecule has 54 heavy (non-hydrogen) atoms. The summed E-state index contributed by atoms with van der Waals surface area (Å²) < 4.78 is 50.0. The zero-order chi connectivity index (χ0) is 39.4. The number of hydrogen-bond acceptors (Lipinski definition) is 20. The molecule has 0 aromatic carbocycles. The second-order valence-electron chi connectivity index (χ2n) is 14.8. The maximum atomic E-state index is 14.1. The van der Waals surface area contributed by atoms with Crippen LogP contribution in [0.15, 0.2) is 12.2 Å². The topological polar surface area (TPSA) is 374 Å². The van der Waals surface area contributed by atoms with E-state index in [4.69, 9.17) is 62.8 Å². The van der Waals surface area contributed by atoms with Crippen LogP contribution in [0.1, 0.15) is 19.3 Å². The maximum Gasteiger partial charge on any atom is 0.252 e. The Morgan fingerprint density at radius 1 is 0.815 bits per heavy atom. The number of aliphatic hydroxyl groups excluding tert-OH is 6. The smallest absolute Gasteiger partial charge is 0.252 e. The third-order valence-corrected chi connectivity index (χ3v) is 10.7. The fourth-order valence-electron chi connectivity index (χ4n) is 7.42. The first-order valence-corrected chi connectivity index (χ1v) is 18.4. The number of hydrogen-bond donors (Lipinski definition) is 14. The third kappa shape index (κ3) is 9.90. The summed E-state index contributed by atoms with van der Waals surface area (Å²) in [6.07, 6.45) is -16.4. The lowest BCUT2D eigenvalue weighted by molar-refractivity contribution is -0.284. The molecule has 312 valence electrons. The molecule has 0 spiro atoms. The van der Waals surface area contributed by atoms with Crippen LogP contribution in [0.25, 0.3) is 0 Å². The molecule has 1 amide bonds. The number of rotatable bonds is 16. The second-order valence-corrected chi connectivity index (χ2v) is 14.8. The molecule has 22 heteroatoms. The summed E-state index contributed by atoms with van der Waals surface area (Å²) in [4.78, 5) is 12.7. The van der Waals surface area contributed by atoms with Gasteiger partial charge in [-0.2, -0.15) is 0 Å². The van der Waals surface area contributed by atoms with Crippen molar-refractivity contribution in [2.75, 3.05) is 32.8 Å². The van der Waals surface area contributed by atoms with Gasteiger partial charge >= 0.3 is 0 Å². The number of carbonyl (C=O) groups is 1. The molecule has 0 bridgehead atoms. The molecule has 21 nitrogen and oxygen atoms in total. The van der Waals surface area contributed by atoms with Gasteiger partial charge in [-0.05, 0) is 31.7 Å². The van der Waals surface area contributed by atoms with Crippen LogP contribution in [0.3, 0.4) is 0 Å². The molecule has 0 radical (unpaired) electrons. The van der Waals surface area contributed by atoms with E-state index in [2.05, 4.69) is 10.6 Å². The van der Waals surface area contributed by atoms with Crippen molar-refractivity contribution in [1.29, 1.82) is 0 Å².